The molecule has 0 bridgehead atoms. The van der Waals surface area contributed by atoms with Crippen LogP contribution in [0, 0.1) is 13.8 Å². The molecule has 0 unspecified atom stereocenters. The second-order valence-corrected chi connectivity index (χ2v) is 8.91. The Morgan fingerprint density at radius 2 is 1.65 bits per heavy atom. The van der Waals surface area contributed by atoms with Crippen molar-refractivity contribution in [2.45, 2.75) is 13.8 Å². The first-order chi connectivity index (χ1) is 16.4. The molecule has 1 aliphatic heterocycles. The molecule has 7 heteroatoms. The summed E-state index contributed by atoms with van der Waals surface area (Å²) in [5.41, 5.74) is 6.16. The summed E-state index contributed by atoms with van der Waals surface area (Å²) in [4.78, 5) is 19.2. The molecule has 0 spiro atoms. The van der Waals surface area contributed by atoms with Gasteiger partial charge in [0, 0.05) is 62.9 Å². The lowest BCUT2D eigenvalue weighted by Gasteiger charge is -2.28. The number of hydrogen-bond acceptors (Lipinski definition) is 5. The van der Waals surface area contributed by atoms with E-state index in [1.54, 1.807) is 28.6 Å². The van der Waals surface area contributed by atoms with E-state index in [0.29, 0.717) is 0 Å². The highest BCUT2D eigenvalue weighted by Crippen LogP contribution is 2.40. The maximum atomic E-state index is 12.4. The smallest absolute Gasteiger partial charge is 0.332 e. The molecule has 2 N–H and O–H groups in total. The van der Waals surface area contributed by atoms with Gasteiger partial charge in [0.25, 0.3) is 0 Å². The topological polar surface area (TPSA) is 75.3 Å². The van der Waals surface area contributed by atoms with Gasteiger partial charge >= 0.3 is 5.69 Å². The van der Waals surface area contributed by atoms with Crippen LogP contribution < -0.4 is 15.9 Å². The average Bonchev–Trinajstić information content (AvgIpc) is 3.18. The normalized spacial score (nSPS) is 13.9. The number of imidazole rings is 1. The van der Waals surface area contributed by atoms with E-state index in [0.717, 1.165) is 71.1 Å². The van der Waals surface area contributed by atoms with Crippen molar-refractivity contribution in [2.75, 3.05) is 31.1 Å². The maximum absolute atomic E-state index is 12.4. The van der Waals surface area contributed by atoms with Crippen molar-refractivity contribution in [3.8, 4) is 33.7 Å². The fourth-order valence-electron chi connectivity index (χ4n) is 4.61. The van der Waals surface area contributed by atoms with Crippen LogP contribution in [0.15, 0.2) is 65.8 Å². The lowest BCUT2D eigenvalue weighted by molar-refractivity contribution is 0.479. The van der Waals surface area contributed by atoms with E-state index in [-0.39, 0.29) is 11.4 Å². The number of aromatic hydroxyl groups is 1. The molecule has 7 nitrogen and oxygen atoms in total. The van der Waals surface area contributed by atoms with E-state index < -0.39 is 0 Å². The van der Waals surface area contributed by atoms with E-state index in [2.05, 4.69) is 21.3 Å². The molecule has 2 aromatic heterocycles. The number of phenolic OH excluding ortho intramolecular Hbond substituents is 1. The molecule has 0 aliphatic carbocycles. The quantitative estimate of drug-likeness (QED) is 0.492. The van der Waals surface area contributed by atoms with Gasteiger partial charge in [0.2, 0.25) is 0 Å². The number of nitrogens with one attached hydrogen (secondary N) is 1. The number of aryl methyl sites for hydroxylation is 3. The first-order valence-electron chi connectivity index (χ1n) is 11.5. The number of rotatable bonds is 4. The number of aromatic nitrogens is 3. The molecule has 1 saturated heterocycles. The van der Waals surface area contributed by atoms with Crippen LogP contribution in [-0.4, -0.2) is 45.4 Å². The van der Waals surface area contributed by atoms with E-state index in [4.69, 9.17) is 0 Å². The molecule has 34 heavy (non-hydrogen) atoms. The van der Waals surface area contributed by atoms with E-state index in [1.165, 1.54) is 0 Å². The molecule has 1 fully saturated rings. The highest BCUT2D eigenvalue weighted by atomic mass is 16.3. The zero-order valence-electron chi connectivity index (χ0n) is 19.7. The number of anilines is 1. The zero-order chi connectivity index (χ0) is 23.8. The molecule has 4 aromatic rings. The molecule has 0 saturated carbocycles. The zero-order valence-corrected chi connectivity index (χ0v) is 19.7. The first-order valence-corrected chi connectivity index (χ1v) is 11.5. The van der Waals surface area contributed by atoms with Crippen LogP contribution in [0.4, 0.5) is 5.82 Å². The minimum Gasteiger partial charge on any atom is -0.507 e. The van der Waals surface area contributed by atoms with Gasteiger partial charge in [-0.25, -0.2) is 9.78 Å². The van der Waals surface area contributed by atoms with Crippen LogP contribution in [0.5, 0.6) is 5.75 Å². The number of piperazine rings is 1. The second kappa shape index (κ2) is 8.83. The standard InChI is InChI=1S/C27H29N5O2/c1-18-14-22(20-4-5-24(19(2)16-20)32-13-12-30(3)27(32)34)26(33)23(15-18)21-6-7-29-25(17-21)31-10-8-28-9-11-31/h4-7,12-17,28,33H,8-11H2,1-3H3. The van der Waals surface area contributed by atoms with Gasteiger partial charge in [-0.2, -0.15) is 0 Å². The average molecular weight is 456 g/mol. The summed E-state index contributed by atoms with van der Waals surface area (Å²) >= 11 is 0. The summed E-state index contributed by atoms with van der Waals surface area (Å²) in [6, 6.07) is 13.9. The molecule has 2 aromatic carbocycles. The predicted molar refractivity (Wildman–Crippen MR) is 136 cm³/mol. The Labute approximate surface area is 198 Å². The summed E-state index contributed by atoms with van der Waals surface area (Å²) < 4.78 is 3.19. The van der Waals surface area contributed by atoms with Crippen LogP contribution in [0.2, 0.25) is 0 Å². The Morgan fingerprint density at radius 1 is 0.941 bits per heavy atom. The highest BCUT2D eigenvalue weighted by molar-refractivity contribution is 5.84. The number of nitrogens with zero attached hydrogens (tertiary/aromatic N) is 4. The van der Waals surface area contributed by atoms with E-state index in [1.807, 2.05) is 56.4 Å². The summed E-state index contributed by atoms with van der Waals surface area (Å²) in [6.07, 6.45) is 5.33. The molecule has 3 heterocycles. The van der Waals surface area contributed by atoms with Crippen molar-refractivity contribution in [1.82, 2.24) is 19.4 Å². The number of pyridine rings is 1. The van der Waals surface area contributed by atoms with E-state index in [9.17, 15) is 9.90 Å². The van der Waals surface area contributed by atoms with Gasteiger partial charge in [-0.05, 0) is 72.5 Å². The van der Waals surface area contributed by atoms with Crippen molar-refractivity contribution in [3.05, 3.63) is 82.7 Å². The molecule has 1 aliphatic rings. The maximum Gasteiger partial charge on any atom is 0.332 e. The molecule has 0 amide bonds. The van der Waals surface area contributed by atoms with Gasteiger partial charge in [-0.1, -0.05) is 6.07 Å². The summed E-state index contributed by atoms with van der Waals surface area (Å²) in [6.45, 7) is 7.73. The SMILES string of the molecule is Cc1cc(-c2ccnc(N3CCNCC3)c2)c(O)c(-c2ccc(-n3ccn(C)c3=O)c(C)c2)c1. The van der Waals surface area contributed by atoms with Gasteiger partial charge in [-0.3, -0.25) is 4.57 Å². The Balaban J connectivity index is 1.55. The number of benzene rings is 2. The number of phenols is 1. The summed E-state index contributed by atoms with van der Waals surface area (Å²) in [5.74, 6) is 1.17. The van der Waals surface area contributed by atoms with Crippen molar-refractivity contribution < 1.29 is 5.11 Å². The third-order valence-corrected chi connectivity index (χ3v) is 6.47. The van der Waals surface area contributed by atoms with Gasteiger partial charge in [0.05, 0.1) is 5.69 Å². The minimum atomic E-state index is -0.0884. The summed E-state index contributed by atoms with van der Waals surface area (Å²) in [5, 5.41) is 14.7. The van der Waals surface area contributed by atoms with Crippen LogP contribution >= 0.6 is 0 Å². The lowest BCUT2D eigenvalue weighted by atomic mass is 9.94. The van der Waals surface area contributed by atoms with Crippen molar-refractivity contribution >= 4 is 5.82 Å². The molecule has 0 radical (unpaired) electrons. The Kier molecular flexibility index (Phi) is 5.71. The van der Waals surface area contributed by atoms with Crippen molar-refractivity contribution in [1.29, 1.82) is 0 Å². The van der Waals surface area contributed by atoms with Gasteiger partial charge in [0.15, 0.2) is 0 Å². The fraction of sp³-hybridized carbons (Fsp3) is 0.259. The Hall–Kier alpha value is -3.84. The van der Waals surface area contributed by atoms with E-state index >= 15 is 0 Å². The van der Waals surface area contributed by atoms with Crippen LogP contribution in [0.1, 0.15) is 11.1 Å². The van der Waals surface area contributed by atoms with Gasteiger partial charge < -0.3 is 19.9 Å². The first kappa shape index (κ1) is 22.0. The molecule has 174 valence electrons. The third kappa shape index (κ3) is 3.99. The number of hydrogen-bond donors (Lipinski definition) is 2. The molecule has 5 rings (SSSR count). The second-order valence-electron chi connectivity index (χ2n) is 8.91. The summed E-state index contributed by atoms with van der Waals surface area (Å²) in [7, 11) is 1.74. The Morgan fingerprint density at radius 3 is 2.29 bits per heavy atom. The highest BCUT2D eigenvalue weighted by Gasteiger charge is 2.17. The minimum absolute atomic E-state index is 0.0884. The van der Waals surface area contributed by atoms with Gasteiger partial charge in [-0.15, -0.1) is 0 Å². The van der Waals surface area contributed by atoms with Gasteiger partial charge in [0.1, 0.15) is 11.6 Å². The molecular formula is C27H29N5O2. The lowest BCUT2D eigenvalue weighted by Crippen LogP contribution is -2.43. The van der Waals surface area contributed by atoms with Crippen molar-refractivity contribution in [2.24, 2.45) is 7.05 Å². The predicted octanol–water partition coefficient (Wildman–Crippen LogP) is 3.64. The fourth-order valence-corrected chi connectivity index (χ4v) is 4.61. The largest absolute Gasteiger partial charge is 0.507 e. The van der Waals surface area contributed by atoms with Crippen molar-refractivity contribution in [3.63, 3.8) is 0 Å². The van der Waals surface area contributed by atoms with Crippen LogP contribution in [-0.2, 0) is 7.05 Å². The third-order valence-electron chi connectivity index (χ3n) is 6.47. The van der Waals surface area contributed by atoms with Crippen LogP contribution in [0.3, 0.4) is 0 Å². The Bertz CT molecular complexity index is 1410. The molecular weight excluding hydrogens is 426 g/mol. The monoisotopic (exact) mass is 455 g/mol. The molecule has 0 atom stereocenters. The van der Waals surface area contributed by atoms with Crippen LogP contribution in [0.25, 0.3) is 27.9 Å².